The first kappa shape index (κ1) is 24.3. The summed E-state index contributed by atoms with van der Waals surface area (Å²) in [5.74, 6) is -0.333. The Morgan fingerprint density at radius 3 is 2.37 bits per heavy atom. The van der Waals surface area contributed by atoms with Crippen molar-refractivity contribution in [1.29, 1.82) is 0 Å². The van der Waals surface area contributed by atoms with Crippen LogP contribution >= 0.6 is 35.0 Å². The van der Waals surface area contributed by atoms with Gasteiger partial charge in [-0.25, -0.2) is 0 Å². The molecule has 6 nitrogen and oxygen atoms in total. The molecule has 30 heavy (non-hydrogen) atoms. The van der Waals surface area contributed by atoms with E-state index < -0.39 is 10.1 Å². The highest BCUT2D eigenvalue weighted by Gasteiger charge is 2.21. The third-order valence-corrected chi connectivity index (χ3v) is 6.74. The minimum absolute atomic E-state index is 0.0165. The number of hydrogen-bond donors (Lipinski definition) is 0. The van der Waals surface area contributed by atoms with E-state index in [4.69, 9.17) is 27.4 Å². The van der Waals surface area contributed by atoms with Gasteiger partial charge in [-0.3, -0.25) is 4.79 Å². The van der Waals surface area contributed by atoms with Crippen molar-refractivity contribution in [2.45, 2.75) is 18.7 Å². The van der Waals surface area contributed by atoms with Crippen molar-refractivity contribution >= 4 is 62.2 Å². The quantitative estimate of drug-likeness (QED) is 0.138. The van der Waals surface area contributed by atoms with Gasteiger partial charge in [-0.2, -0.15) is 13.4 Å². The second kappa shape index (κ2) is 10.3. The van der Waals surface area contributed by atoms with Gasteiger partial charge in [0.1, 0.15) is 4.90 Å². The zero-order valence-corrected chi connectivity index (χ0v) is 19.9. The van der Waals surface area contributed by atoms with Crippen LogP contribution in [0.3, 0.4) is 0 Å². The van der Waals surface area contributed by atoms with Crippen molar-refractivity contribution in [1.82, 2.24) is 0 Å². The Kier molecular flexibility index (Phi) is 8.37. The Morgan fingerprint density at radius 1 is 1.17 bits per heavy atom. The van der Waals surface area contributed by atoms with Crippen molar-refractivity contribution in [3.63, 3.8) is 0 Å². The highest BCUT2D eigenvalue weighted by atomic mass is 35.5. The molecule has 0 aliphatic heterocycles. The molecule has 0 saturated carbocycles. The summed E-state index contributed by atoms with van der Waals surface area (Å²) in [5, 5.41) is 1.02. The van der Waals surface area contributed by atoms with Gasteiger partial charge in [0.15, 0.2) is 11.5 Å². The zero-order valence-electron chi connectivity index (χ0n) is 16.7. The van der Waals surface area contributed by atoms with Crippen molar-refractivity contribution in [3.05, 3.63) is 69.5 Å². The lowest BCUT2D eigenvalue weighted by atomic mass is 10.2. The first-order valence-electron chi connectivity index (χ1n) is 8.58. The number of carbonyl (C=O) groups excluding carboxylic acids is 1. The fraction of sp³-hybridized carbons (Fsp3) is 0.200. The van der Waals surface area contributed by atoms with E-state index in [0.717, 1.165) is 5.56 Å². The van der Waals surface area contributed by atoms with Gasteiger partial charge in [-0.1, -0.05) is 58.7 Å². The molecule has 0 amide bonds. The van der Waals surface area contributed by atoms with Gasteiger partial charge in [-0.05, 0) is 44.4 Å². The van der Waals surface area contributed by atoms with Gasteiger partial charge in [0.2, 0.25) is 5.88 Å². The summed E-state index contributed by atoms with van der Waals surface area (Å²) in [4.78, 5) is 17.2. The first-order chi connectivity index (χ1) is 14.1. The molecule has 0 fully saturated rings. The summed E-state index contributed by atoms with van der Waals surface area (Å²) in [6.45, 7) is 3.26. The predicted octanol–water partition coefficient (Wildman–Crippen LogP) is 5.29. The topological polar surface area (TPSA) is 76.0 Å². The molecule has 0 N–H and O–H groups in total. The molecular formula is C20H20Cl2N2O4S2. The van der Waals surface area contributed by atoms with Crippen LogP contribution < -0.4 is 4.90 Å². The number of benzene rings is 2. The Labute approximate surface area is 190 Å². The molecule has 160 valence electrons. The van der Waals surface area contributed by atoms with Gasteiger partial charge >= 0.3 is 10.1 Å². The lowest BCUT2D eigenvalue weighted by Crippen LogP contribution is -2.24. The van der Waals surface area contributed by atoms with Crippen molar-refractivity contribution in [3.8, 4) is 0 Å². The maximum Gasteiger partial charge on any atom is 0.340 e. The van der Waals surface area contributed by atoms with Crippen LogP contribution in [0.15, 0.2) is 63.8 Å². The lowest BCUT2D eigenvalue weighted by molar-refractivity contribution is -0.105. The number of allylic oxidation sites excluding steroid dienone is 1. The number of aldehydes is 1. The van der Waals surface area contributed by atoms with Gasteiger partial charge < -0.3 is 9.08 Å². The summed E-state index contributed by atoms with van der Waals surface area (Å²) >= 11 is 13.6. The molecule has 2 aromatic rings. The van der Waals surface area contributed by atoms with E-state index in [1.165, 1.54) is 30.8 Å². The molecule has 2 rings (SSSR count). The van der Waals surface area contributed by atoms with Gasteiger partial charge in [0.25, 0.3) is 0 Å². The molecule has 0 aromatic heterocycles. The number of carbonyl (C=O) groups is 1. The summed E-state index contributed by atoms with van der Waals surface area (Å²) in [5.41, 5.74) is 1.47. The number of halogens is 2. The monoisotopic (exact) mass is 486 g/mol. The first-order valence-corrected chi connectivity index (χ1v) is 12.0. The Bertz CT molecular complexity index is 1100. The molecule has 0 spiro atoms. The summed E-state index contributed by atoms with van der Waals surface area (Å²) in [6, 6.07) is 11.3. The van der Waals surface area contributed by atoms with E-state index in [-0.39, 0.29) is 16.4 Å². The minimum Gasteiger partial charge on any atom is -0.358 e. The predicted molar refractivity (Wildman–Crippen MR) is 124 cm³/mol. The van der Waals surface area contributed by atoms with Crippen LogP contribution in [0.5, 0.6) is 0 Å². The van der Waals surface area contributed by atoms with Crippen molar-refractivity contribution in [2.75, 3.05) is 18.2 Å². The highest BCUT2D eigenvalue weighted by molar-refractivity contribution is 8.13. The van der Waals surface area contributed by atoms with Gasteiger partial charge in [-0.15, -0.1) is 0 Å². The molecule has 0 aliphatic carbocycles. The largest absolute Gasteiger partial charge is 0.358 e. The van der Waals surface area contributed by atoms with Crippen LogP contribution in [0.2, 0.25) is 10.0 Å². The Balaban J connectivity index is 2.48. The number of anilines is 1. The summed E-state index contributed by atoms with van der Waals surface area (Å²) in [6.07, 6.45) is 2.23. The fourth-order valence-corrected chi connectivity index (χ4v) is 4.19. The van der Waals surface area contributed by atoms with Crippen molar-refractivity contribution in [2.24, 2.45) is 4.99 Å². The smallest absolute Gasteiger partial charge is 0.340 e. The van der Waals surface area contributed by atoms with Crippen LogP contribution in [0.4, 0.5) is 5.69 Å². The van der Waals surface area contributed by atoms with E-state index >= 15 is 0 Å². The highest BCUT2D eigenvalue weighted by Crippen LogP contribution is 2.33. The molecule has 0 saturated heterocycles. The van der Waals surface area contributed by atoms with E-state index in [1.54, 1.807) is 48.5 Å². The maximum absolute atomic E-state index is 12.7. The zero-order chi connectivity index (χ0) is 22.5. The summed E-state index contributed by atoms with van der Waals surface area (Å²) < 4.78 is 30.6. The average Bonchev–Trinajstić information content (AvgIpc) is 2.72. The normalized spacial score (nSPS) is 12.9. The molecule has 0 radical (unpaired) electrons. The van der Waals surface area contributed by atoms with Crippen LogP contribution in [-0.4, -0.2) is 33.2 Å². The van der Waals surface area contributed by atoms with Crippen LogP contribution in [-0.2, 0) is 19.1 Å². The second-order valence-electron chi connectivity index (χ2n) is 6.19. The number of aryl methyl sites for hydroxylation is 1. The second-order valence-corrected chi connectivity index (χ2v) is 9.29. The van der Waals surface area contributed by atoms with Crippen LogP contribution in [0.1, 0.15) is 12.5 Å². The molecule has 0 atom stereocenters. The number of hydrogen-bond acceptors (Lipinski definition) is 6. The maximum atomic E-state index is 12.7. The van der Waals surface area contributed by atoms with E-state index in [2.05, 4.69) is 4.99 Å². The van der Waals surface area contributed by atoms with E-state index in [0.29, 0.717) is 27.2 Å². The Morgan fingerprint density at radius 2 is 1.80 bits per heavy atom. The number of nitrogens with zero attached hydrogens (tertiary/aromatic N) is 2. The Hall–Kier alpha value is -2.00. The van der Waals surface area contributed by atoms with Crippen LogP contribution in [0.25, 0.3) is 0 Å². The van der Waals surface area contributed by atoms with Crippen molar-refractivity contribution < 1.29 is 17.4 Å². The average molecular weight is 487 g/mol. The summed E-state index contributed by atoms with van der Waals surface area (Å²) in [7, 11) is -2.50. The third kappa shape index (κ3) is 5.78. The standard InChI is InChI=1S/C20H20Cl2N2O4S2/c1-13-8-10-15(11-9-13)30(26,27)28-19(14(2)12-25)23-20(29-4)24(3)17-7-5-6-16(21)18(17)22/h5-12H,1-4H3/b19-14+,23-20+. The molecular weight excluding hydrogens is 467 g/mol. The lowest BCUT2D eigenvalue weighted by Gasteiger charge is -2.22. The molecule has 10 heteroatoms. The van der Waals surface area contributed by atoms with Gasteiger partial charge in [0.05, 0.1) is 21.3 Å². The SMILES string of the molecule is CS/C(=N/C(OS(=O)(=O)c1ccc(C)cc1)=C(/C)C=O)N(C)c1cccc(Cl)c1Cl. The van der Waals surface area contributed by atoms with E-state index in [9.17, 15) is 13.2 Å². The van der Waals surface area contributed by atoms with Crippen LogP contribution in [0, 0.1) is 6.92 Å². The number of amidine groups is 1. The fourth-order valence-electron chi connectivity index (χ4n) is 2.28. The number of rotatable bonds is 6. The third-order valence-electron chi connectivity index (χ3n) is 3.97. The molecule has 0 heterocycles. The van der Waals surface area contributed by atoms with E-state index in [1.807, 2.05) is 6.92 Å². The molecule has 0 aliphatic rings. The van der Waals surface area contributed by atoms with Gasteiger partial charge in [0, 0.05) is 7.05 Å². The molecule has 0 unspecified atom stereocenters. The minimum atomic E-state index is -4.19. The molecule has 2 aromatic carbocycles. The number of thioether (sulfide) groups is 1. The molecule has 0 bridgehead atoms. The number of aliphatic imine (C=N–C) groups is 1.